The van der Waals surface area contributed by atoms with Crippen molar-refractivity contribution in [1.29, 1.82) is 0 Å². The van der Waals surface area contributed by atoms with Gasteiger partial charge in [0, 0.05) is 19.7 Å². The van der Waals surface area contributed by atoms with Crippen LogP contribution in [0.15, 0.2) is 0 Å². The summed E-state index contributed by atoms with van der Waals surface area (Å²) >= 11 is 5.22. The van der Waals surface area contributed by atoms with E-state index in [1.165, 1.54) is 25.7 Å². The second kappa shape index (κ2) is 7.01. The summed E-state index contributed by atoms with van der Waals surface area (Å²) in [5.41, 5.74) is 0. The molecule has 3 nitrogen and oxygen atoms in total. The molecule has 2 atom stereocenters. The van der Waals surface area contributed by atoms with Gasteiger partial charge >= 0.3 is 0 Å². The van der Waals surface area contributed by atoms with Crippen molar-refractivity contribution in [3.05, 3.63) is 0 Å². The molecule has 0 unspecified atom stereocenters. The molecule has 1 aliphatic rings. The van der Waals surface area contributed by atoms with Crippen LogP contribution in [0.25, 0.3) is 0 Å². The van der Waals surface area contributed by atoms with E-state index in [9.17, 15) is 0 Å². The van der Waals surface area contributed by atoms with Gasteiger partial charge in [-0.15, -0.1) is 0 Å². The molecular weight excluding hydrogens is 208 g/mol. The topological polar surface area (TPSA) is 33.3 Å². The molecule has 1 fully saturated rings. The minimum absolute atomic E-state index is 0.557. The lowest BCUT2D eigenvalue weighted by molar-refractivity contribution is 0.203. The van der Waals surface area contributed by atoms with Crippen molar-refractivity contribution in [1.82, 2.24) is 10.6 Å². The van der Waals surface area contributed by atoms with Crippen LogP contribution >= 0.6 is 12.2 Å². The summed E-state index contributed by atoms with van der Waals surface area (Å²) < 4.78 is 4.95. The normalized spacial score (nSPS) is 26.0. The van der Waals surface area contributed by atoms with Crippen LogP contribution in [0.1, 0.15) is 32.6 Å². The van der Waals surface area contributed by atoms with E-state index >= 15 is 0 Å². The molecule has 1 saturated carbocycles. The Balaban J connectivity index is 2.18. The fourth-order valence-corrected chi connectivity index (χ4v) is 2.27. The highest BCUT2D eigenvalue weighted by Crippen LogP contribution is 2.23. The van der Waals surface area contributed by atoms with E-state index in [1.807, 2.05) is 0 Å². The maximum absolute atomic E-state index is 5.22. The van der Waals surface area contributed by atoms with E-state index in [0.29, 0.717) is 12.6 Å². The van der Waals surface area contributed by atoms with Gasteiger partial charge in [-0.1, -0.05) is 19.8 Å². The third-order valence-corrected chi connectivity index (χ3v) is 3.28. The van der Waals surface area contributed by atoms with Gasteiger partial charge in [0.25, 0.3) is 0 Å². The van der Waals surface area contributed by atoms with Crippen LogP contribution in [0.5, 0.6) is 0 Å². The van der Waals surface area contributed by atoms with Crippen LogP contribution in [0.3, 0.4) is 0 Å². The largest absolute Gasteiger partial charge is 0.383 e. The molecule has 0 spiro atoms. The Hall–Kier alpha value is -0.350. The third kappa shape index (κ3) is 4.80. The monoisotopic (exact) mass is 230 g/mol. The summed E-state index contributed by atoms with van der Waals surface area (Å²) in [5, 5.41) is 7.31. The first kappa shape index (κ1) is 12.7. The Morgan fingerprint density at radius 3 is 2.80 bits per heavy atom. The molecule has 0 aromatic rings. The summed E-state index contributed by atoms with van der Waals surface area (Å²) in [4.78, 5) is 0. The zero-order chi connectivity index (χ0) is 11.1. The van der Waals surface area contributed by atoms with Crippen LogP contribution in [0.2, 0.25) is 0 Å². The number of hydrogen-bond acceptors (Lipinski definition) is 2. The first-order valence-electron chi connectivity index (χ1n) is 5.77. The van der Waals surface area contributed by atoms with Gasteiger partial charge < -0.3 is 15.4 Å². The molecule has 0 radical (unpaired) electrons. The maximum atomic E-state index is 5.22. The van der Waals surface area contributed by atoms with E-state index in [0.717, 1.165) is 17.6 Å². The van der Waals surface area contributed by atoms with Crippen molar-refractivity contribution in [2.75, 3.05) is 20.3 Å². The van der Waals surface area contributed by atoms with Gasteiger partial charge in [0.1, 0.15) is 0 Å². The minimum atomic E-state index is 0.557. The van der Waals surface area contributed by atoms with Crippen LogP contribution in [0.4, 0.5) is 0 Å². The van der Waals surface area contributed by atoms with Crippen LogP contribution < -0.4 is 10.6 Å². The van der Waals surface area contributed by atoms with Crippen LogP contribution in [0, 0.1) is 5.92 Å². The molecule has 0 aliphatic heterocycles. The highest BCUT2D eigenvalue weighted by atomic mass is 32.1. The van der Waals surface area contributed by atoms with Crippen LogP contribution in [-0.4, -0.2) is 31.4 Å². The molecule has 4 heteroatoms. The number of ether oxygens (including phenoxy) is 1. The fraction of sp³-hybridized carbons (Fsp3) is 0.909. The highest BCUT2D eigenvalue weighted by Gasteiger charge is 2.21. The minimum Gasteiger partial charge on any atom is -0.383 e. The zero-order valence-electron chi connectivity index (χ0n) is 9.71. The Labute approximate surface area is 98.0 Å². The summed E-state index contributed by atoms with van der Waals surface area (Å²) in [5.74, 6) is 0.737. The SMILES string of the molecule is COCCNC(=S)N[C@H]1CCCC[C@@H]1C. The summed E-state index contributed by atoms with van der Waals surface area (Å²) in [6, 6.07) is 0.557. The molecule has 0 bridgehead atoms. The van der Waals surface area contributed by atoms with Crippen molar-refractivity contribution < 1.29 is 4.74 Å². The zero-order valence-corrected chi connectivity index (χ0v) is 10.5. The van der Waals surface area contributed by atoms with E-state index in [-0.39, 0.29) is 0 Å². The molecule has 0 aromatic heterocycles. The van der Waals surface area contributed by atoms with Crippen LogP contribution in [-0.2, 0) is 4.74 Å². The van der Waals surface area contributed by atoms with Crippen molar-refractivity contribution in [2.45, 2.75) is 38.6 Å². The Kier molecular flexibility index (Phi) is 5.95. The lowest BCUT2D eigenvalue weighted by atomic mass is 9.86. The summed E-state index contributed by atoms with van der Waals surface area (Å²) in [6.07, 6.45) is 5.25. The smallest absolute Gasteiger partial charge is 0.166 e. The molecule has 1 aliphatic carbocycles. The van der Waals surface area contributed by atoms with Crippen molar-refractivity contribution in [3.8, 4) is 0 Å². The number of thiocarbonyl (C=S) groups is 1. The summed E-state index contributed by atoms with van der Waals surface area (Å²) in [6.45, 7) is 3.78. The molecule has 0 saturated heterocycles. The standard InChI is InChI=1S/C11H22N2OS/c1-9-5-3-4-6-10(9)13-11(15)12-7-8-14-2/h9-10H,3-8H2,1-2H3,(H2,12,13,15)/t9-,10-/m0/s1. The molecule has 0 amide bonds. The Morgan fingerprint density at radius 1 is 1.40 bits per heavy atom. The molecule has 0 heterocycles. The third-order valence-electron chi connectivity index (χ3n) is 3.02. The van der Waals surface area contributed by atoms with Crippen molar-refractivity contribution >= 4 is 17.3 Å². The molecule has 0 aromatic carbocycles. The Morgan fingerprint density at radius 2 is 2.13 bits per heavy atom. The average molecular weight is 230 g/mol. The fourth-order valence-electron chi connectivity index (χ4n) is 2.02. The van der Waals surface area contributed by atoms with E-state index < -0.39 is 0 Å². The van der Waals surface area contributed by atoms with Gasteiger partial charge in [-0.3, -0.25) is 0 Å². The second-order valence-electron chi connectivity index (χ2n) is 4.26. The molecular formula is C11H22N2OS. The van der Waals surface area contributed by atoms with E-state index in [4.69, 9.17) is 17.0 Å². The van der Waals surface area contributed by atoms with E-state index in [2.05, 4.69) is 17.6 Å². The summed E-state index contributed by atoms with van der Waals surface area (Å²) in [7, 11) is 1.70. The first-order chi connectivity index (χ1) is 7.24. The number of nitrogens with one attached hydrogen (secondary N) is 2. The predicted octanol–water partition coefficient (Wildman–Crippen LogP) is 1.68. The molecule has 15 heavy (non-hydrogen) atoms. The van der Waals surface area contributed by atoms with Gasteiger partial charge in [0.15, 0.2) is 5.11 Å². The lowest BCUT2D eigenvalue weighted by Crippen LogP contribution is -2.46. The van der Waals surface area contributed by atoms with Gasteiger partial charge in [-0.05, 0) is 31.0 Å². The number of hydrogen-bond donors (Lipinski definition) is 2. The second-order valence-corrected chi connectivity index (χ2v) is 4.67. The van der Waals surface area contributed by atoms with Gasteiger partial charge in [-0.2, -0.15) is 0 Å². The predicted molar refractivity (Wildman–Crippen MR) is 67.0 cm³/mol. The van der Waals surface area contributed by atoms with Gasteiger partial charge in [0.2, 0.25) is 0 Å². The first-order valence-corrected chi connectivity index (χ1v) is 6.18. The highest BCUT2D eigenvalue weighted by molar-refractivity contribution is 7.80. The molecule has 88 valence electrons. The average Bonchev–Trinajstić information content (AvgIpc) is 2.22. The van der Waals surface area contributed by atoms with Crippen molar-refractivity contribution in [3.63, 3.8) is 0 Å². The maximum Gasteiger partial charge on any atom is 0.166 e. The number of rotatable bonds is 4. The molecule has 2 N–H and O–H groups in total. The quantitative estimate of drug-likeness (QED) is 0.569. The lowest BCUT2D eigenvalue weighted by Gasteiger charge is -2.30. The van der Waals surface area contributed by atoms with Gasteiger partial charge in [-0.25, -0.2) is 0 Å². The number of methoxy groups -OCH3 is 1. The molecule has 1 rings (SSSR count). The van der Waals surface area contributed by atoms with Gasteiger partial charge in [0.05, 0.1) is 6.61 Å². The van der Waals surface area contributed by atoms with E-state index in [1.54, 1.807) is 7.11 Å². The van der Waals surface area contributed by atoms with Crippen molar-refractivity contribution in [2.24, 2.45) is 5.92 Å². The Bertz CT molecular complexity index is 199.